The van der Waals surface area contributed by atoms with E-state index in [-0.39, 0.29) is 5.91 Å². The fraction of sp³-hybridized carbons (Fsp3) is 0.182. The van der Waals surface area contributed by atoms with E-state index in [1.54, 1.807) is 56.9 Å². The second kappa shape index (κ2) is 8.90. The second-order valence-corrected chi connectivity index (χ2v) is 6.17. The molecule has 0 radical (unpaired) electrons. The average Bonchev–Trinajstić information content (AvgIpc) is 2.73. The van der Waals surface area contributed by atoms with Crippen molar-refractivity contribution in [3.8, 4) is 17.2 Å². The van der Waals surface area contributed by atoms with Crippen molar-refractivity contribution in [1.29, 1.82) is 0 Å². The lowest BCUT2D eigenvalue weighted by atomic mass is 10.1. The highest BCUT2D eigenvalue weighted by molar-refractivity contribution is 6.06. The SMILES string of the molecule is COc1ccc(NC(=O)c2cc(C)ccc2OC)cc1OCc1cccnc1. The first-order chi connectivity index (χ1) is 13.6. The average molecular weight is 378 g/mol. The summed E-state index contributed by atoms with van der Waals surface area (Å²) >= 11 is 0. The molecular weight excluding hydrogens is 356 g/mol. The molecule has 0 bridgehead atoms. The number of carbonyl (C=O) groups is 1. The molecule has 3 aromatic rings. The van der Waals surface area contributed by atoms with Crippen LogP contribution in [-0.4, -0.2) is 25.1 Å². The predicted octanol–water partition coefficient (Wildman–Crippen LogP) is 4.24. The fourth-order valence-corrected chi connectivity index (χ4v) is 2.71. The van der Waals surface area contributed by atoms with Crippen molar-refractivity contribution < 1.29 is 19.0 Å². The van der Waals surface area contributed by atoms with Gasteiger partial charge in [-0.3, -0.25) is 9.78 Å². The molecule has 28 heavy (non-hydrogen) atoms. The van der Waals surface area contributed by atoms with Crippen molar-refractivity contribution in [3.05, 3.63) is 77.6 Å². The number of benzene rings is 2. The number of nitrogens with one attached hydrogen (secondary N) is 1. The van der Waals surface area contributed by atoms with Crippen molar-refractivity contribution in [2.75, 3.05) is 19.5 Å². The van der Waals surface area contributed by atoms with Gasteiger partial charge in [0.15, 0.2) is 11.5 Å². The molecule has 2 aromatic carbocycles. The molecule has 0 aliphatic rings. The number of rotatable bonds is 7. The number of methoxy groups -OCH3 is 2. The van der Waals surface area contributed by atoms with Crippen LogP contribution in [0.2, 0.25) is 0 Å². The van der Waals surface area contributed by atoms with E-state index in [1.165, 1.54) is 0 Å². The van der Waals surface area contributed by atoms with Gasteiger partial charge in [0.2, 0.25) is 0 Å². The van der Waals surface area contributed by atoms with E-state index < -0.39 is 0 Å². The molecule has 0 saturated heterocycles. The van der Waals surface area contributed by atoms with Crippen molar-refractivity contribution in [2.24, 2.45) is 0 Å². The first-order valence-electron chi connectivity index (χ1n) is 8.76. The number of ether oxygens (including phenoxy) is 3. The number of hydrogen-bond donors (Lipinski definition) is 1. The van der Waals surface area contributed by atoms with Gasteiger partial charge < -0.3 is 19.5 Å². The van der Waals surface area contributed by atoms with Gasteiger partial charge in [0.25, 0.3) is 5.91 Å². The third-order valence-electron chi connectivity index (χ3n) is 4.14. The van der Waals surface area contributed by atoms with Gasteiger partial charge in [0, 0.05) is 29.7 Å². The number of hydrogen-bond acceptors (Lipinski definition) is 5. The zero-order valence-corrected chi connectivity index (χ0v) is 16.1. The maximum Gasteiger partial charge on any atom is 0.259 e. The number of carbonyl (C=O) groups excluding carboxylic acids is 1. The van der Waals surface area contributed by atoms with Crippen LogP contribution in [0.3, 0.4) is 0 Å². The van der Waals surface area contributed by atoms with Gasteiger partial charge in [-0.1, -0.05) is 17.7 Å². The molecule has 1 amide bonds. The lowest BCUT2D eigenvalue weighted by Crippen LogP contribution is -2.13. The molecule has 0 atom stereocenters. The minimum Gasteiger partial charge on any atom is -0.496 e. The zero-order valence-electron chi connectivity index (χ0n) is 16.1. The summed E-state index contributed by atoms with van der Waals surface area (Å²) in [5.74, 6) is 1.36. The molecule has 0 unspecified atom stereocenters. The summed E-state index contributed by atoms with van der Waals surface area (Å²) in [5.41, 5.74) is 2.97. The number of aryl methyl sites for hydroxylation is 1. The van der Waals surface area contributed by atoms with E-state index in [0.717, 1.165) is 11.1 Å². The minimum absolute atomic E-state index is 0.260. The van der Waals surface area contributed by atoms with E-state index in [9.17, 15) is 4.79 Å². The van der Waals surface area contributed by atoms with Gasteiger partial charge in [0.1, 0.15) is 12.4 Å². The summed E-state index contributed by atoms with van der Waals surface area (Å²) in [7, 11) is 3.11. The van der Waals surface area contributed by atoms with Gasteiger partial charge in [-0.25, -0.2) is 0 Å². The van der Waals surface area contributed by atoms with Crippen molar-refractivity contribution >= 4 is 11.6 Å². The number of nitrogens with zero attached hydrogens (tertiary/aromatic N) is 1. The van der Waals surface area contributed by atoms with E-state index in [1.807, 2.05) is 25.1 Å². The lowest BCUT2D eigenvalue weighted by Gasteiger charge is -2.14. The molecule has 144 valence electrons. The maximum absolute atomic E-state index is 12.7. The Morgan fingerprint density at radius 3 is 2.50 bits per heavy atom. The van der Waals surface area contributed by atoms with Crippen molar-refractivity contribution in [1.82, 2.24) is 4.98 Å². The van der Waals surface area contributed by atoms with Crippen molar-refractivity contribution in [2.45, 2.75) is 13.5 Å². The minimum atomic E-state index is -0.260. The van der Waals surface area contributed by atoms with Crippen LogP contribution in [0.15, 0.2) is 60.9 Å². The molecule has 0 aliphatic carbocycles. The molecule has 6 nitrogen and oxygen atoms in total. The van der Waals surface area contributed by atoms with Crippen LogP contribution < -0.4 is 19.5 Å². The first kappa shape index (κ1) is 19.2. The Hall–Kier alpha value is -3.54. The smallest absolute Gasteiger partial charge is 0.259 e. The van der Waals surface area contributed by atoms with E-state index in [0.29, 0.717) is 35.1 Å². The highest BCUT2D eigenvalue weighted by Gasteiger charge is 2.14. The Labute approximate surface area is 164 Å². The summed E-state index contributed by atoms with van der Waals surface area (Å²) in [6.07, 6.45) is 3.45. The molecule has 0 spiro atoms. The highest BCUT2D eigenvalue weighted by atomic mass is 16.5. The van der Waals surface area contributed by atoms with Crippen LogP contribution in [-0.2, 0) is 6.61 Å². The van der Waals surface area contributed by atoms with Crippen LogP contribution in [0.4, 0.5) is 5.69 Å². The number of amides is 1. The molecule has 6 heteroatoms. The van der Waals surface area contributed by atoms with E-state index >= 15 is 0 Å². The van der Waals surface area contributed by atoms with Gasteiger partial charge in [-0.2, -0.15) is 0 Å². The number of aromatic nitrogens is 1. The van der Waals surface area contributed by atoms with Crippen LogP contribution in [0.5, 0.6) is 17.2 Å². The molecule has 0 saturated carbocycles. The Balaban J connectivity index is 1.79. The van der Waals surface area contributed by atoms with Crippen LogP contribution in [0, 0.1) is 6.92 Å². The highest BCUT2D eigenvalue weighted by Crippen LogP contribution is 2.31. The van der Waals surface area contributed by atoms with Gasteiger partial charge in [-0.15, -0.1) is 0 Å². The van der Waals surface area contributed by atoms with Crippen LogP contribution in [0.1, 0.15) is 21.5 Å². The third kappa shape index (κ3) is 4.59. The quantitative estimate of drug-likeness (QED) is 0.666. The monoisotopic (exact) mass is 378 g/mol. The predicted molar refractivity (Wildman–Crippen MR) is 107 cm³/mol. The summed E-state index contributed by atoms with van der Waals surface area (Å²) < 4.78 is 16.5. The second-order valence-electron chi connectivity index (χ2n) is 6.17. The largest absolute Gasteiger partial charge is 0.496 e. The third-order valence-corrected chi connectivity index (χ3v) is 4.14. The van der Waals surface area contributed by atoms with Gasteiger partial charge >= 0.3 is 0 Å². The normalized spacial score (nSPS) is 10.2. The summed E-state index contributed by atoms with van der Waals surface area (Å²) in [5, 5.41) is 2.88. The van der Waals surface area contributed by atoms with Gasteiger partial charge in [-0.05, 0) is 37.3 Å². The molecule has 0 aliphatic heterocycles. The zero-order chi connectivity index (χ0) is 19.9. The van der Waals surface area contributed by atoms with E-state index in [4.69, 9.17) is 14.2 Å². The Morgan fingerprint density at radius 1 is 1.00 bits per heavy atom. The fourth-order valence-electron chi connectivity index (χ4n) is 2.71. The Morgan fingerprint density at radius 2 is 1.79 bits per heavy atom. The molecule has 3 rings (SSSR count). The number of pyridine rings is 1. The molecule has 0 fully saturated rings. The summed E-state index contributed by atoms with van der Waals surface area (Å²) in [6.45, 7) is 2.27. The molecule has 1 aromatic heterocycles. The first-order valence-corrected chi connectivity index (χ1v) is 8.76. The van der Waals surface area contributed by atoms with Crippen LogP contribution in [0.25, 0.3) is 0 Å². The Bertz CT molecular complexity index is 958. The summed E-state index contributed by atoms with van der Waals surface area (Å²) in [4.78, 5) is 16.8. The maximum atomic E-state index is 12.7. The van der Waals surface area contributed by atoms with Crippen LogP contribution >= 0.6 is 0 Å². The summed E-state index contributed by atoms with van der Waals surface area (Å²) in [6, 6.07) is 14.5. The molecular formula is C22H22N2O4. The molecule has 1 N–H and O–H groups in total. The topological polar surface area (TPSA) is 69.7 Å². The molecule has 1 heterocycles. The van der Waals surface area contributed by atoms with Crippen molar-refractivity contribution in [3.63, 3.8) is 0 Å². The lowest BCUT2D eigenvalue weighted by molar-refractivity contribution is 0.102. The Kier molecular flexibility index (Phi) is 6.11. The number of anilines is 1. The standard InChI is InChI=1S/C22H22N2O4/c1-15-6-8-19(26-2)18(11-15)22(25)24-17-7-9-20(27-3)21(12-17)28-14-16-5-4-10-23-13-16/h4-13H,14H2,1-3H3,(H,24,25). The van der Waals surface area contributed by atoms with E-state index in [2.05, 4.69) is 10.3 Å². The van der Waals surface area contributed by atoms with Gasteiger partial charge in [0.05, 0.1) is 19.8 Å².